The third-order valence-electron chi connectivity index (χ3n) is 6.64. The zero-order valence-electron chi connectivity index (χ0n) is 22.8. The van der Waals surface area contributed by atoms with Crippen molar-refractivity contribution in [3.63, 3.8) is 0 Å². The van der Waals surface area contributed by atoms with Crippen LogP contribution in [-0.2, 0) is 17.9 Å². The average Bonchev–Trinajstić information content (AvgIpc) is 3.25. The lowest BCUT2D eigenvalue weighted by Gasteiger charge is -2.32. The Hall–Kier alpha value is -3.63. The lowest BCUT2D eigenvalue weighted by molar-refractivity contribution is -0.132. The predicted octanol–water partition coefficient (Wildman–Crippen LogP) is 3.28. The zero-order chi connectivity index (χ0) is 27.8. The Kier molecular flexibility index (Phi) is 9.42. The monoisotopic (exact) mass is 540 g/mol. The molecule has 0 radical (unpaired) electrons. The van der Waals surface area contributed by atoms with Gasteiger partial charge < -0.3 is 24.2 Å². The van der Waals surface area contributed by atoms with E-state index in [2.05, 4.69) is 10.00 Å². The largest absolute Gasteiger partial charge is 0.493 e. The molecule has 0 bridgehead atoms. The number of hydrogen-bond donors (Lipinski definition) is 1. The molecule has 0 saturated carbocycles. The van der Waals surface area contributed by atoms with E-state index >= 15 is 0 Å². The zero-order valence-corrected chi connectivity index (χ0v) is 22.8. The molecule has 1 N–H and O–H groups in total. The first-order valence-corrected chi connectivity index (χ1v) is 13.1. The van der Waals surface area contributed by atoms with E-state index in [1.165, 1.54) is 31.2 Å². The smallest absolute Gasteiger partial charge is 0.219 e. The number of aromatic nitrogens is 2. The number of ether oxygens (including phenoxy) is 3. The fourth-order valence-corrected chi connectivity index (χ4v) is 4.67. The summed E-state index contributed by atoms with van der Waals surface area (Å²) >= 11 is 0. The van der Waals surface area contributed by atoms with Crippen LogP contribution in [0.1, 0.15) is 24.5 Å². The normalized spacial score (nSPS) is 18.0. The Morgan fingerprint density at radius 2 is 1.90 bits per heavy atom. The fraction of sp³-hybridized carbons (Fsp3) is 0.448. The topological polar surface area (TPSA) is 89.3 Å². The first-order valence-electron chi connectivity index (χ1n) is 13.1. The van der Waals surface area contributed by atoms with E-state index in [9.17, 15) is 14.3 Å². The van der Waals surface area contributed by atoms with Gasteiger partial charge in [-0.2, -0.15) is 5.10 Å². The summed E-state index contributed by atoms with van der Waals surface area (Å²) in [6, 6.07) is 11.5. The standard InChI is InChI=1S/C29H37FN4O5/c1-22-16-31-34(17-22)11-4-14-38-27-10-5-24(15-28(27)37-3)18-32-12-13-33(23(2)35)20-29(36,19-32)21-39-26-8-6-25(30)7-9-26/h5-10,15-17,36H,4,11-14,18-21H2,1-3H3. The number of carbonyl (C=O) groups is 1. The molecule has 1 aliphatic heterocycles. The SMILES string of the molecule is COc1cc(CN2CCN(C(C)=O)CC(O)(COc3ccc(F)cc3)C2)ccc1OCCCn1cc(C)cn1. The van der Waals surface area contributed by atoms with Crippen molar-refractivity contribution in [1.29, 1.82) is 0 Å². The summed E-state index contributed by atoms with van der Waals surface area (Å²) in [4.78, 5) is 15.9. The van der Waals surface area contributed by atoms with Gasteiger partial charge in [-0.25, -0.2) is 4.39 Å². The van der Waals surface area contributed by atoms with Gasteiger partial charge in [-0.05, 0) is 54.4 Å². The summed E-state index contributed by atoms with van der Waals surface area (Å²) in [6.45, 7) is 6.84. The fourth-order valence-electron chi connectivity index (χ4n) is 4.67. The molecule has 1 aliphatic rings. The lowest BCUT2D eigenvalue weighted by atomic mass is 10.0. The molecule has 0 aliphatic carbocycles. The Morgan fingerprint density at radius 1 is 1.10 bits per heavy atom. The minimum atomic E-state index is -1.31. The maximum atomic E-state index is 13.3. The van der Waals surface area contributed by atoms with E-state index in [0.717, 1.165) is 24.1 Å². The van der Waals surface area contributed by atoms with E-state index in [0.29, 0.717) is 50.0 Å². The molecule has 3 aromatic rings. The highest BCUT2D eigenvalue weighted by atomic mass is 19.1. The van der Waals surface area contributed by atoms with Crippen LogP contribution in [0.15, 0.2) is 54.9 Å². The van der Waals surface area contributed by atoms with Crippen LogP contribution in [0.5, 0.6) is 17.2 Å². The third-order valence-corrected chi connectivity index (χ3v) is 6.64. The summed E-state index contributed by atoms with van der Waals surface area (Å²) in [5, 5.41) is 15.8. The Labute approximate surface area is 228 Å². The lowest BCUT2D eigenvalue weighted by Crippen LogP contribution is -2.51. The van der Waals surface area contributed by atoms with E-state index in [4.69, 9.17) is 14.2 Å². The summed E-state index contributed by atoms with van der Waals surface area (Å²) in [5.41, 5.74) is 0.811. The molecule has 1 amide bonds. The van der Waals surface area contributed by atoms with E-state index in [-0.39, 0.29) is 24.9 Å². The first-order chi connectivity index (χ1) is 18.7. The van der Waals surface area contributed by atoms with Gasteiger partial charge in [-0.1, -0.05) is 6.07 Å². The van der Waals surface area contributed by atoms with E-state index < -0.39 is 5.60 Å². The van der Waals surface area contributed by atoms with Crippen molar-refractivity contribution in [3.05, 3.63) is 71.8 Å². The highest BCUT2D eigenvalue weighted by Crippen LogP contribution is 2.29. The van der Waals surface area contributed by atoms with Gasteiger partial charge in [0.1, 0.15) is 23.8 Å². The molecule has 0 spiro atoms. The van der Waals surface area contributed by atoms with Crippen LogP contribution in [0.25, 0.3) is 0 Å². The van der Waals surface area contributed by atoms with E-state index in [1.807, 2.05) is 42.2 Å². The van der Waals surface area contributed by atoms with Gasteiger partial charge in [0.25, 0.3) is 0 Å². The van der Waals surface area contributed by atoms with E-state index in [1.54, 1.807) is 12.0 Å². The second kappa shape index (κ2) is 12.9. The molecule has 210 valence electrons. The maximum Gasteiger partial charge on any atom is 0.219 e. The number of rotatable bonds is 11. The van der Waals surface area contributed by atoms with Gasteiger partial charge >= 0.3 is 0 Å². The Morgan fingerprint density at radius 3 is 2.59 bits per heavy atom. The molecule has 2 heterocycles. The van der Waals surface area contributed by atoms with Crippen LogP contribution < -0.4 is 14.2 Å². The summed E-state index contributed by atoms with van der Waals surface area (Å²) in [5.74, 6) is 1.29. The molecule has 4 rings (SSSR count). The Balaban J connectivity index is 1.38. The van der Waals surface area contributed by atoms with Gasteiger partial charge in [0.2, 0.25) is 5.91 Å². The van der Waals surface area contributed by atoms with Crippen molar-refractivity contribution in [3.8, 4) is 17.2 Å². The van der Waals surface area contributed by atoms with Crippen LogP contribution in [0.3, 0.4) is 0 Å². The molecule has 9 nitrogen and oxygen atoms in total. The number of β-amino-alcohol motifs (C(OH)–C–C–N with tert-alkyl or cyclic N) is 1. The third kappa shape index (κ3) is 8.18. The van der Waals surface area contributed by atoms with Gasteiger partial charge in [-0.3, -0.25) is 14.4 Å². The first kappa shape index (κ1) is 28.4. The number of benzene rings is 2. The van der Waals surface area contributed by atoms with Crippen molar-refractivity contribution < 1.29 is 28.5 Å². The molecular weight excluding hydrogens is 503 g/mol. The number of aryl methyl sites for hydroxylation is 2. The number of nitrogens with zero attached hydrogens (tertiary/aromatic N) is 4. The quantitative estimate of drug-likeness (QED) is 0.374. The highest BCUT2D eigenvalue weighted by Gasteiger charge is 2.37. The molecule has 10 heteroatoms. The number of halogens is 1. The molecular formula is C29H37FN4O5. The number of carbonyl (C=O) groups excluding carboxylic acids is 1. The Bertz CT molecular complexity index is 1230. The number of amides is 1. The molecule has 1 aromatic heterocycles. The second-order valence-corrected chi connectivity index (χ2v) is 10.1. The van der Waals surface area contributed by atoms with Crippen molar-refractivity contribution in [2.24, 2.45) is 0 Å². The second-order valence-electron chi connectivity index (χ2n) is 10.1. The number of aliphatic hydroxyl groups is 1. The number of methoxy groups -OCH3 is 1. The molecule has 1 unspecified atom stereocenters. The van der Waals surface area contributed by atoms with Gasteiger partial charge in [0, 0.05) is 52.3 Å². The molecule has 39 heavy (non-hydrogen) atoms. The van der Waals surface area contributed by atoms with Crippen LogP contribution in [0.4, 0.5) is 4.39 Å². The van der Waals surface area contributed by atoms with Gasteiger partial charge in [0.05, 0.1) is 26.5 Å². The summed E-state index contributed by atoms with van der Waals surface area (Å²) < 4.78 is 32.5. The minimum absolute atomic E-state index is 0.0346. The summed E-state index contributed by atoms with van der Waals surface area (Å²) in [6.07, 6.45) is 4.65. The molecule has 2 aromatic carbocycles. The highest BCUT2D eigenvalue weighted by molar-refractivity contribution is 5.73. The van der Waals surface area contributed by atoms with Crippen LogP contribution in [-0.4, -0.2) is 82.7 Å². The van der Waals surface area contributed by atoms with Crippen LogP contribution in [0, 0.1) is 12.7 Å². The van der Waals surface area contributed by atoms with Crippen molar-refractivity contribution in [2.75, 3.05) is 46.5 Å². The predicted molar refractivity (Wildman–Crippen MR) is 144 cm³/mol. The van der Waals surface area contributed by atoms with Crippen LogP contribution >= 0.6 is 0 Å². The van der Waals surface area contributed by atoms with Crippen molar-refractivity contribution in [2.45, 2.75) is 39.0 Å². The van der Waals surface area contributed by atoms with Crippen molar-refractivity contribution >= 4 is 5.91 Å². The molecule has 1 fully saturated rings. The molecule has 1 atom stereocenters. The maximum absolute atomic E-state index is 13.3. The average molecular weight is 541 g/mol. The number of hydrogen-bond acceptors (Lipinski definition) is 7. The van der Waals surface area contributed by atoms with Crippen molar-refractivity contribution in [1.82, 2.24) is 19.6 Å². The van der Waals surface area contributed by atoms with Crippen LogP contribution in [0.2, 0.25) is 0 Å². The molecule has 1 saturated heterocycles. The minimum Gasteiger partial charge on any atom is -0.493 e. The summed E-state index contributed by atoms with van der Waals surface area (Å²) in [7, 11) is 1.61. The van der Waals surface area contributed by atoms with Gasteiger partial charge in [0.15, 0.2) is 11.5 Å². The van der Waals surface area contributed by atoms with Gasteiger partial charge in [-0.15, -0.1) is 0 Å².